The summed E-state index contributed by atoms with van der Waals surface area (Å²) in [6, 6.07) is 5.52. The summed E-state index contributed by atoms with van der Waals surface area (Å²) in [6.07, 6.45) is 0.609. The SMILES string of the molecule is COC(=O)N[C@H](C(=O)N1CCC[C@H]1C(=O)Nc1ccc(BO)cc1)C(C)C. The molecule has 1 heterocycles. The second-order valence-corrected chi connectivity index (χ2v) is 6.89. The van der Waals surface area contributed by atoms with Gasteiger partial charge < -0.3 is 25.3 Å². The maximum Gasteiger partial charge on any atom is 0.407 e. The van der Waals surface area contributed by atoms with Crippen molar-refractivity contribution < 1.29 is 24.1 Å². The van der Waals surface area contributed by atoms with Gasteiger partial charge in [0.15, 0.2) is 0 Å². The molecule has 1 fully saturated rings. The van der Waals surface area contributed by atoms with Crippen molar-refractivity contribution in [1.82, 2.24) is 10.2 Å². The molecule has 1 saturated heterocycles. The van der Waals surface area contributed by atoms with Crippen LogP contribution in [0.4, 0.5) is 10.5 Å². The van der Waals surface area contributed by atoms with Crippen LogP contribution in [0.1, 0.15) is 26.7 Å². The summed E-state index contributed by atoms with van der Waals surface area (Å²) in [5, 5.41) is 14.5. The summed E-state index contributed by atoms with van der Waals surface area (Å²) in [5.41, 5.74) is 1.35. The number of carbonyl (C=O) groups is 3. The Balaban J connectivity index is 2.08. The molecular weight excluding hydrogens is 349 g/mol. The molecule has 2 atom stereocenters. The Labute approximate surface area is 159 Å². The van der Waals surface area contributed by atoms with E-state index in [1.54, 1.807) is 24.3 Å². The molecule has 0 aliphatic carbocycles. The summed E-state index contributed by atoms with van der Waals surface area (Å²) in [4.78, 5) is 38.7. The summed E-state index contributed by atoms with van der Waals surface area (Å²) in [7, 11) is 1.17. The van der Waals surface area contributed by atoms with Gasteiger partial charge in [-0.15, -0.1) is 0 Å². The van der Waals surface area contributed by atoms with Gasteiger partial charge in [-0.05, 0) is 30.9 Å². The van der Waals surface area contributed by atoms with Gasteiger partial charge in [-0.2, -0.15) is 0 Å². The molecule has 1 aromatic carbocycles. The molecule has 0 bridgehead atoms. The smallest absolute Gasteiger partial charge is 0.407 e. The van der Waals surface area contributed by atoms with Crippen LogP contribution in [-0.4, -0.2) is 61.1 Å². The minimum Gasteiger partial charge on any atom is -0.453 e. The minimum atomic E-state index is -0.755. The van der Waals surface area contributed by atoms with Crippen LogP contribution >= 0.6 is 0 Å². The fraction of sp³-hybridized carbons (Fsp3) is 0.500. The first-order valence-electron chi connectivity index (χ1n) is 9.03. The number of hydrogen-bond donors (Lipinski definition) is 3. The van der Waals surface area contributed by atoms with Gasteiger partial charge in [0, 0.05) is 12.2 Å². The van der Waals surface area contributed by atoms with Crippen LogP contribution < -0.4 is 16.1 Å². The molecule has 0 aromatic heterocycles. The topological polar surface area (TPSA) is 108 Å². The van der Waals surface area contributed by atoms with E-state index in [4.69, 9.17) is 5.02 Å². The van der Waals surface area contributed by atoms with Crippen molar-refractivity contribution in [2.75, 3.05) is 19.0 Å². The number of hydrogen-bond acceptors (Lipinski definition) is 5. The largest absolute Gasteiger partial charge is 0.453 e. The molecule has 3 amide bonds. The quantitative estimate of drug-likeness (QED) is 0.605. The molecule has 9 heteroatoms. The first-order valence-corrected chi connectivity index (χ1v) is 9.03. The van der Waals surface area contributed by atoms with E-state index in [1.807, 2.05) is 13.8 Å². The van der Waals surface area contributed by atoms with Gasteiger partial charge in [-0.3, -0.25) is 9.59 Å². The minimum absolute atomic E-state index is 0.0666. The Morgan fingerprint density at radius 3 is 2.48 bits per heavy atom. The van der Waals surface area contributed by atoms with Crippen molar-refractivity contribution in [2.45, 2.75) is 38.8 Å². The molecule has 0 radical (unpaired) electrons. The third-order valence-electron chi connectivity index (χ3n) is 4.63. The van der Waals surface area contributed by atoms with Crippen LogP contribution in [-0.2, 0) is 14.3 Å². The van der Waals surface area contributed by atoms with Crippen molar-refractivity contribution in [3.63, 3.8) is 0 Å². The van der Waals surface area contributed by atoms with Crippen molar-refractivity contribution in [1.29, 1.82) is 0 Å². The molecule has 146 valence electrons. The van der Waals surface area contributed by atoms with Gasteiger partial charge in [-0.25, -0.2) is 4.79 Å². The summed E-state index contributed by atoms with van der Waals surface area (Å²) in [6.45, 7) is 4.12. The van der Waals surface area contributed by atoms with Gasteiger partial charge in [0.05, 0.1) is 7.11 Å². The number of amides is 3. The predicted octanol–water partition coefficient (Wildman–Crippen LogP) is -0.0342. The summed E-state index contributed by atoms with van der Waals surface area (Å²) < 4.78 is 4.60. The van der Waals surface area contributed by atoms with Crippen molar-refractivity contribution in [3.8, 4) is 0 Å². The molecule has 3 N–H and O–H groups in total. The highest BCUT2D eigenvalue weighted by molar-refractivity contribution is 6.45. The van der Waals surface area contributed by atoms with Crippen molar-refractivity contribution in [2.24, 2.45) is 5.92 Å². The molecule has 27 heavy (non-hydrogen) atoms. The second kappa shape index (κ2) is 9.41. The third-order valence-corrected chi connectivity index (χ3v) is 4.63. The van der Waals surface area contributed by atoms with Crippen LogP contribution in [0.2, 0.25) is 0 Å². The van der Waals surface area contributed by atoms with Crippen LogP contribution in [0.3, 0.4) is 0 Å². The van der Waals surface area contributed by atoms with Crippen LogP contribution in [0, 0.1) is 5.92 Å². The van der Waals surface area contributed by atoms with E-state index in [9.17, 15) is 14.4 Å². The van der Waals surface area contributed by atoms with Gasteiger partial charge in [0.25, 0.3) is 0 Å². The Hall–Kier alpha value is -2.55. The van der Waals surface area contributed by atoms with Gasteiger partial charge >= 0.3 is 13.6 Å². The number of rotatable bonds is 6. The number of ether oxygens (including phenoxy) is 1. The van der Waals surface area contributed by atoms with Crippen molar-refractivity contribution >= 4 is 36.5 Å². The van der Waals surface area contributed by atoms with E-state index in [0.717, 1.165) is 11.9 Å². The van der Waals surface area contributed by atoms with Gasteiger partial charge in [0.2, 0.25) is 11.8 Å². The number of carbonyl (C=O) groups excluding carboxylic acids is 3. The highest BCUT2D eigenvalue weighted by Crippen LogP contribution is 2.21. The number of alkyl carbamates (subject to hydrolysis) is 1. The number of anilines is 1. The lowest BCUT2D eigenvalue weighted by molar-refractivity contribution is -0.139. The fourth-order valence-corrected chi connectivity index (χ4v) is 3.10. The highest BCUT2D eigenvalue weighted by atomic mass is 16.5. The zero-order valence-corrected chi connectivity index (χ0v) is 15.9. The molecule has 1 aromatic rings. The van der Waals surface area contributed by atoms with Crippen molar-refractivity contribution in [3.05, 3.63) is 24.3 Å². The maximum absolute atomic E-state index is 12.9. The van der Waals surface area contributed by atoms with E-state index in [2.05, 4.69) is 15.4 Å². The highest BCUT2D eigenvalue weighted by Gasteiger charge is 2.38. The standard InChI is InChI=1S/C18H26BN3O5/c1-11(2)15(21-18(25)27-3)17(24)22-10-4-5-14(22)16(23)20-13-8-6-12(19-26)7-9-13/h6-9,11,14-15,19,26H,4-5,10H2,1-3H3,(H,20,23)(H,21,25)/t14-,15-/m0/s1. The lowest BCUT2D eigenvalue weighted by Gasteiger charge is -2.30. The monoisotopic (exact) mass is 375 g/mol. The Kier molecular flexibility index (Phi) is 7.23. The second-order valence-electron chi connectivity index (χ2n) is 6.89. The number of likely N-dealkylation sites (tertiary alicyclic amines) is 1. The Morgan fingerprint density at radius 2 is 1.93 bits per heavy atom. The van der Waals surface area contributed by atoms with E-state index in [1.165, 1.54) is 12.0 Å². The van der Waals surface area contributed by atoms with E-state index < -0.39 is 18.2 Å². The van der Waals surface area contributed by atoms with E-state index in [0.29, 0.717) is 18.7 Å². The molecule has 0 saturated carbocycles. The summed E-state index contributed by atoms with van der Waals surface area (Å²) >= 11 is 0. The number of nitrogens with zero attached hydrogens (tertiary/aromatic N) is 1. The zero-order valence-electron chi connectivity index (χ0n) is 15.9. The van der Waals surface area contributed by atoms with Crippen LogP contribution in [0.25, 0.3) is 0 Å². The first kappa shape index (κ1) is 20.8. The average molecular weight is 375 g/mol. The molecule has 1 aliphatic rings. The molecule has 0 unspecified atom stereocenters. The van der Waals surface area contributed by atoms with E-state index >= 15 is 0 Å². The number of methoxy groups -OCH3 is 1. The Morgan fingerprint density at radius 1 is 1.26 bits per heavy atom. The lowest BCUT2D eigenvalue weighted by Crippen LogP contribution is -2.54. The zero-order chi connectivity index (χ0) is 20.0. The molecule has 8 nitrogen and oxygen atoms in total. The summed E-state index contributed by atoms with van der Waals surface area (Å²) in [5.74, 6) is -0.700. The maximum atomic E-state index is 12.9. The average Bonchev–Trinajstić information content (AvgIpc) is 3.15. The molecule has 0 spiro atoms. The van der Waals surface area contributed by atoms with Gasteiger partial charge in [-0.1, -0.05) is 31.4 Å². The number of nitrogens with one attached hydrogen (secondary N) is 2. The fourth-order valence-electron chi connectivity index (χ4n) is 3.10. The normalized spacial score (nSPS) is 17.4. The lowest BCUT2D eigenvalue weighted by atomic mass is 9.89. The Bertz CT molecular complexity index is 680. The number of benzene rings is 1. The third kappa shape index (κ3) is 5.23. The van der Waals surface area contributed by atoms with Crippen LogP contribution in [0.5, 0.6) is 0 Å². The molecule has 2 rings (SSSR count). The molecular formula is C18H26BN3O5. The van der Waals surface area contributed by atoms with Crippen LogP contribution in [0.15, 0.2) is 24.3 Å². The first-order chi connectivity index (χ1) is 12.9. The van der Waals surface area contributed by atoms with E-state index in [-0.39, 0.29) is 25.2 Å². The van der Waals surface area contributed by atoms with Gasteiger partial charge in [0.1, 0.15) is 12.1 Å². The predicted molar refractivity (Wildman–Crippen MR) is 103 cm³/mol. The molecule has 1 aliphatic heterocycles.